The van der Waals surface area contributed by atoms with E-state index in [1.807, 2.05) is 45.3 Å². The number of aryl methyl sites for hydroxylation is 1. The number of aromatic nitrogens is 4. The fraction of sp³-hybridized carbons (Fsp3) is 0.440. The lowest BCUT2D eigenvalue weighted by atomic mass is 9.86. The molecule has 1 aromatic carbocycles. The summed E-state index contributed by atoms with van der Waals surface area (Å²) in [6.45, 7) is 3.70. The number of nitrogens with one attached hydrogen (secondary N) is 2. The topological polar surface area (TPSA) is 92.0 Å². The summed E-state index contributed by atoms with van der Waals surface area (Å²) in [6, 6.07) is 12.6. The van der Waals surface area contributed by atoms with E-state index in [2.05, 4.69) is 37.9 Å². The largest absolute Gasteiger partial charge is 0.453 e. The summed E-state index contributed by atoms with van der Waals surface area (Å²) in [6.07, 6.45) is 4.63. The van der Waals surface area contributed by atoms with Crippen molar-refractivity contribution in [1.29, 1.82) is 0 Å². The Morgan fingerprint density at radius 1 is 1.06 bits per heavy atom. The van der Waals surface area contributed by atoms with Gasteiger partial charge in [0.2, 0.25) is 5.95 Å². The van der Waals surface area contributed by atoms with E-state index in [9.17, 15) is 0 Å². The maximum absolute atomic E-state index is 5.94. The van der Waals surface area contributed by atoms with E-state index < -0.39 is 0 Å². The molecule has 0 unspecified atom stereocenters. The van der Waals surface area contributed by atoms with Gasteiger partial charge in [0.1, 0.15) is 16.6 Å². The molecule has 1 aliphatic carbocycles. The highest BCUT2D eigenvalue weighted by atomic mass is 32.2. The molecule has 5 rings (SSSR count). The molecule has 35 heavy (non-hydrogen) atoms. The van der Waals surface area contributed by atoms with Gasteiger partial charge >= 0.3 is 0 Å². The third-order valence-corrected chi connectivity index (χ3v) is 8.06. The quantitative estimate of drug-likeness (QED) is 0.309. The van der Waals surface area contributed by atoms with E-state index in [1.54, 1.807) is 11.3 Å². The third kappa shape index (κ3) is 6.12. The Morgan fingerprint density at radius 3 is 2.66 bits per heavy atom. The molecule has 4 aromatic rings. The molecule has 184 valence electrons. The molecule has 1 aliphatic rings. The SMILES string of the molecule is Cc1nnc(Sc2ccc(CNC[C@H]3CC[C@@H](Nc4nc(N(C)C)c5ccccc5n4)CC3)o2)s1. The molecule has 0 bridgehead atoms. The van der Waals surface area contributed by atoms with Crippen LogP contribution in [-0.2, 0) is 6.54 Å². The van der Waals surface area contributed by atoms with Gasteiger partial charge in [-0.1, -0.05) is 23.5 Å². The molecule has 0 spiro atoms. The molecule has 0 saturated heterocycles. The van der Waals surface area contributed by atoms with Gasteiger partial charge in [-0.05, 0) is 81.1 Å². The summed E-state index contributed by atoms with van der Waals surface area (Å²) < 4.78 is 6.85. The molecular formula is C25H31N7OS2. The molecule has 2 N–H and O–H groups in total. The van der Waals surface area contributed by atoms with Crippen molar-refractivity contribution in [2.24, 2.45) is 5.92 Å². The second-order valence-corrected chi connectivity index (χ2v) is 11.6. The standard InChI is InChI=1S/C25H31N7OS2/c1-16-30-31-25(34-16)35-22-13-12-19(33-22)15-26-14-17-8-10-18(11-9-17)27-24-28-21-7-5-4-6-20(21)23(29-24)32(2)3/h4-7,12-13,17-18,26H,8-11,14-15H2,1-3H3,(H,27,28,29)/t17-,18+. The molecular weight excluding hydrogens is 478 g/mol. The fourth-order valence-electron chi connectivity index (χ4n) is 4.47. The summed E-state index contributed by atoms with van der Waals surface area (Å²) in [5.41, 5.74) is 0.976. The van der Waals surface area contributed by atoms with Crippen molar-refractivity contribution >= 4 is 45.8 Å². The van der Waals surface area contributed by atoms with Crippen LogP contribution in [0.15, 0.2) is 50.2 Å². The lowest BCUT2D eigenvalue weighted by Gasteiger charge is -2.29. The summed E-state index contributed by atoms with van der Waals surface area (Å²) in [5.74, 6) is 3.31. The maximum Gasteiger partial charge on any atom is 0.225 e. The number of nitrogens with zero attached hydrogens (tertiary/aromatic N) is 5. The number of para-hydroxylation sites is 1. The van der Waals surface area contributed by atoms with E-state index in [-0.39, 0.29) is 0 Å². The summed E-state index contributed by atoms with van der Waals surface area (Å²) >= 11 is 3.11. The van der Waals surface area contributed by atoms with Gasteiger partial charge in [-0.15, -0.1) is 10.2 Å². The zero-order chi connectivity index (χ0) is 24.2. The molecule has 10 heteroatoms. The first-order chi connectivity index (χ1) is 17.0. The van der Waals surface area contributed by atoms with Crippen molar-refractivity contribution in [3.05, 3.63) is 47.2 Å². The number of fused-ring (bicyclic) bond motifs is 1. The van der Waals surface area contributed by atoms with Gasteiger partial charge in [-0.3, -0.25) is 0 Å². The summed E-state index contributed by atoms with van der Waals surface area (Å²) in [5, 5.41) is 18.3. The minimum absolute atomic E-state index is 0.413. The maximum atomic E-state index is 5.94. The lowest BCUT2D eigenvalue weighted by Crippen LogP contribution is -2.31. The van der Waals surface area contributed by atoms with Crippen molar-refractivity contribution in [3.8, 4) is 0 Å². The first kappa shape index (κ1) is 24.0. The Kier molecular flexibility index (Phi) is 7.50. The number of hydrogen-bond donors (Lipinski definition) is 2. The highest BCUT2D eigenvalue weighted by Gasteiger charge is 2.22. The molecule has 0 atom stereocenters. The van der Waals surface area contributed by atoms with E-state index in [1.165, 1.54) is 24.6 Å². The van der Waals surface area contributed by atoms with E-state index >= 15 is 0 Å². The predicted molar refractivity (Wildman–Crippen MR) is 142 cm³/mol. The van der Waals surface area contributed by atoms with Crippen LogP contribution in [0.5, 0.6) is 0 Å². The Morgan fingerprint density at radius 2 is 1.89 bits per heavy atom. The first-order valence-corrected chi connectivity index (χ1v) is 13.6. The molecule has 3 heterocycles. The molecule has 1 saturated carbocycles. The van der Waals surface area contributed by atoms with Gasteiger partial charge < -0.3 is 20.0 Å². The second-order valence-electron chi connectivity index (χ2n) is 9.19. The molecule has 0 aliphatic heterocycles. The van der Waals surface area contributed by atoms with Crippen molar-refractivity contribution in [2.45, 2.75) is 54.6 Å². The molecule has 0 radical (unpaired) electrons. The van der Waals surface area contributed by atoms with Crippen LogP contribution >= 0.6 is 23.1 Å². The predicted octanol–water partition coefficient (Wildman–Crippen LogP) is 5.36. The molecule has 8 nitrogen and oxygen atoms in total. The van der Waals surface area contributed by atoms with Crippen LogP contribution in [0, 0.1) is 12.8 Å². The number of furan rings is 1. The fourth-order valence-corrected chi connectivity index (χ4v) is 6.20. The van der Waals surface area contributed by atoms with Crippen molar-refractivity contribution in [2.75, 3.05) is 30.9 Å². The third-order valence-electron chi connectivity index (χ3n) is 6.25. The van der Waals surface area contributed by atoms with Crippen LogP contribution in [0.3, 0.4) is 0 Å². The van der Waals surface area contributed by atoms with Crippen molar-refractivity contribution in [3.63, 3.8) is 0 Å². The van der Waals surface area contributed by atoms with Crippen LogP contribution < -0.4 is 15.5 Å². The Hall–Kier alpha value is -2.69. The van der Waals surface area contributed by atoms with Crippen molar-refractivity contribution < 1.29 is 4.42 Å². The van der Waals surface area contributed by atoms with E-state index in [0.717, 1.165) is 68.8 Å². The normalized spacial score (nSPS) is 18.1. The van der Waals surface area contributed by atoms with Crippen LogP contribution in [0.1, 0.15) is 36.5 Å². The summed E-state index contributed by atoms with van der Waals surface area (Å²) in [4.78, 5) is 11.6. The van der Waals surface area contributed by atoms with Gasteiger partial charge in [0.05, 0.1) is 12.1 Å². The number of benzene rings is 1. The smallest absolute Gasteiger partial charge is 0.225 e. The van der Waals surface area contributed by atoms with E-state index in [0.29, 0.717) is 12.0 Å². The van der Waals surface area contributed by atoms with Gasteiger partial charge in [0, 0.05) is 25.5 Å². The van der Waals surface area contributed by atoms with Crippen LogP contribution in [0.4, 0.5) is 11.8 Å². The minimum Gasteiger partial charge on any atom is -0.453 e. The Bertz CT molecular complexity index is 1260. The Labute approximate surface area is 214 Å². The number of anilines is 2. The average Bonchev–Trinajstić information content (AvgIpc) is 3.48. The summed E-state index contributed by atoms with van der Waals surface area (Å²) in [7, 11) is 4.05. The Balaban J connectivity index is 1.08. The first-order valence-electron chi connectivity index (χ1n) is 12.0. The van der Waals surface area contributed by atoms with Gasteiger partial charge in [-0.25, -0.2) is 4.98 Å². The monoisotopic (exact) mass is 509 g/mol. The molecule has 3 aromatic heterocycles. The van der Waals surface area contributed by atoms with E-state index in [4.69, 9.17) is 14.4 Å². The van der Waals surface area contributed by atoms with Gasteiger partial charge in [0.25, 0.3) is 0 Å². The highest BCUT2D eigenvalue weighted by Crippen LogP contribution is 2.31. The van der Waals surface area contributed by atoms with Crippen LogP contribution in [0.2, 0.25) is 0 Å². The average molecular weight is 510 g/mol. The van der Waals surface area contributed by atoms with Crippen LogP contribution in [0.25, 0.3) is 10.9 Å². The zero-order valence-corrected chi connectivity index (χ0v) is 22.0. The minimum atomic E-state index is 0.413. The highest BCUT2D eigenvalue weighted by molar-refractivity contribution is 8.00. The number of hydrogen-bond acceptors (Lipinski definition) is 10. The van der Waals surface area contributed by atoms with Crippen molar-refractivity contribution in [1.82, 2.24) is 25.5 Å². The second kappa shape index (κ2) is 10.9. The zero-order valence-electron chi connectivity index (χ0n) is 20.3. The molecule has 0 amide bonds. The molecule has 1 fully saturated rings. The van der Waals surface area contributed by atoms with Gasteiger partial charge in [0.15, 0.2) is 9.43 Å². The van der Waals surface area contributed by atoms with Crippen LogP contribution in [-0.4, -0.2) is 46.8 Å². The lowest BCUT2D eigenvalue weighted by molar-refractivity contribution is 0.317. The van der Waals surface area contributed by atoms with Gasteiger partial charge in [-0.2, -0.15) is 4.98 Å². The number of rotatable bonds is 9.